The van der Waals surface area contributed by atoms with Gasteiger partial charge < -0.3 is 15.1 Å². The van der Waals surface area contributed by atoms with Crippen molar-refractivity contribution < 1.29 is 4.42 Å². The summed E-state index contributed by atoms with van der Waals surface area (Å²) in [4.78, 5) is 11.5. The van der Waals surface area contributed by atoms with E-state index in [-0.39, 0.29) is 0 Å². The number of benzene rings is 2. The minimum atomic E-state index is 0.663. The highest BCUT2D eigenvalue weighted by atomic mass is 16.3. The highest BCUT2D eigenvalue weighted by Gasteiger charge is 2.11. The SMILES string of the molecule is CN=C(NCCc1coc(-c2ccc(C)cc2)n1)NCc1ccc(CN2CCCC2)cc1. The zero-order valence-electron chi connectivity index (χ0n) is 19.1. The maximum Gasteiger partial charge on any atom is 0.226 e. The molecular formula is C26H33N5O. The van der Waals surface area contributed by atoms with E-state index >= 15 is 0 Å². The fraction of sp³-hybridized carbons (Fsp3) is 0.385. The zero-order chi connectivity index (χ0) is 22.2. The minimum Gasteiger partial charge on any atom is -0.444 e. The van der Waals surface area contributed by atoms with Crippen molar-refractivity contribution in [2.24, 2.45) is 4.99 Å². The molecule has 2 N–H and O–H groups in total. The molecule has 6 heteroatoms. The van der Waals surface area contributed by atoms with E-state index in [2.05, 4.69) is 68.8 Å². The average Bonchev–Trinajstić information content (AvgIpc) is 3.50. The molecule has 0 bridgehead atoms. The van der Waals surface area contributed by atoms with Gasteiger partial charge in [-0.05, 0) is 56.1 Å². The average molecular weight is 432 g/mol. The maximum absolute atomic E-state index is 5.64. The molecule has 3 aromatic rings. The van der Waals surface area contributed by atoms with Gasteiger partial charge in [0, 0.05) is 38.7 Å². The lowest BCUT2D eigenvalue weighted by Crippen LogP contribution is -2.37. The van der Waals surface area contributed by atoms with Gasteiger partial charge in [-0.2, -0.15) is 0 Å². The number of guanidine groups is 1. The Morgan fingerprint density at radius 1 is 1.00 bits per heavy atom. The third-order valence-corrected chi connectivity index (χ3v) is 5.84. The molecule has 2 aromatic carbocycles. The van der Waals surface area contributed by atoms with Crippen LogP contribution in [-0.4, -0.2) is 42.5 Å². The zero-order valence-corrected chi connectivity index (χ0v) is 19.1. The number of hydrogen-bond acceptors (Lipinski definition) is 4. The van der Waals surface area contributed by atoms with E-state index < -0.39 is 0 Å². The predicted molar refractivity (Wildman–Crippen MR) is 130 cm³/mol. The standard InChI is InChI=1S/C26H33N5O/c1-20-5-11-23(12-6-20)25-30-24(19-32-25)13-14-28-26(27-2)29-17-21-7-9-22(10-8-21)18-31-15-3-4-16-31/h5-12,19H,3-4,13-18H2,1-2H3,(H2,27,28,29). The normalized spacial score (nSPS) is 14.6. The number of oxazole rings is 1. The first kappa shape index (κ1) is 22.1. The van der Waals surface area contributed by atoms with Gasteiger partial charge in [0.1, 0.15) is 6.26 Å². The number of nitrogens with zero attached hydrogens (tertiary/aromatic N) is 3. The van der Waals surface area contributed by atoms with Crippen molar-refractivity contribution in [3.05, 3.63) is 77.2 Å². The van der Waals surface area contributed by atoms with E-state index in [4.69, 9.17) is 4.42 Å². The summed E-state index contributed by atoms with van der Waals surface area (Å²) in [6.07, 6.45) is 5.16. The lowest BCUT2D eigenvalue weighted by atomic mass is 10.1. The fourth-order valence-corrected chi connectivity index (χ4v) is 3.93. The van der Waals surface area contributed by atoms with Crippen LogP contribution >= 0.6 is 0 Å². The van der Waals surface area contributed by atoms with E-state index in [0.717, 1.165) is 43.3 Å². The number of likely N-dealkylation sites (tertiary alicyclic amines) is 1. The minimum absolute atomic E-state index is 0.663. The van der Waals surface area contributed by atoms with Gasteiger partial charge in [0.2, 0.25) is 5.89 Å². The molecule has 1 fully saturated rings. The monoisotopic (exact) mass is 431 g/mol. The first-order chi connectivity index (χ1) is 15.7. The highest BCUT2D eigenvalue weighted by Crippen LogP contribution is 2.19. The molecule has 0 radical (unpaired) electrons. The van der Waals surface area contributed by atoms with Crippen molar-refractivity contribution in [2.45, 2.75) is 39.3 Å². The maximum atomic E-state index is 5.64. The summed E-state index contributed by atoms with van der Waals surface area (Å²) in [6, 6.07) is 17.1. The molecule has 6 nitrogen and oxygen atoms in total. The van der Waals surface area contributed by atoms with Crippen LogP contribution in [0.5, 0.6) is 0 Å². The van der Waals surface area contributed by atoms with Gasteiger partial charge in [-0.1, -0.05) is 42.0 Å². The molecule has 0 amide bonds. The molecule has 0 spiro atoms. The van der Waals surface area contributed by atoms with Gasteiger partial charge in [-0.25, -0.2) is 4.98 Å². The van der Waals surface area contributed by atoms with E-state index in [1.54, 1.807) is 13.3 Å². The lowest BCUT2D eigenvalue weighted by molar-refractivity contribution is 0.331. The topological polar surface area (TPSA) is 65.7 Å². The van der Waals surface area contributed by atoms with Gasteiger partial charge in [-0.3, -0.25) is 9.89 Å². The Labute approximate surface area is 190 Å². The predicted octanol–water partition coefficient (Wildman–Crippen LogP) is 4.15. The third-order valence-electron chi connectivity index (χ3n) is 5.84. The molecule has 0 atom stereocenters. The molecule has 32 heavy (non-hydrogen) atoms. The van der Waals surface area contributed by atoms with Crippen molar-refractivity contribution in [1.82, 2.24) is 20.5 Å². The summed E-state index contributed by atoms with van der Waals surface area (Å²) in [7, 11) is 1.79. The van der Waals surface area contributed by atoms with Crippen molar-refractivity contribution in [3.63, 3.8) is 0 Å². The smallest absolute Gasteiger partial charge is 0.226 e. The van der Waals surface area contributed by atoms with Gasteiger partial charge in [0.15, 0.2) is 5.96 Å². The molecule has 0 saturated carbocycles. The summed E-state index contributed by atoms with van der Waals surface area (Å²) in [5.41, 5.74) is 5.78. The van der Waals surface area contributed by atoms with Crippen LogP contribution in [0.2, 0.25) is 0 Å². The highest BCUT2D eigenvalue weighted by molar-refractivity contribution is 5.79. The molecule has 168 valence electrons. The Kier molecular flexibility index (Phi) is 7.56. The Hall–Kier alpha value is -3.12. The van der Waals surface area contributed by atoms with Crippen LogP contribution in [0.4, 0.5) is 0 Å². The summed E-state index contributed by atoms with van der Waals surface area (Å²) in [5, 5.41) is 6.74. The van der Waals surface area contributed by atoms with E-state index in [1.807, 2.05) is 12.1 Å². The number of rotatable bonds is 8. The number of hydrogen-bond donors (Lipinski definition) is 2. The van der Waals surface area contributed by atoms with Crippen LogP contribution in [0.15, 0.2) is 64.2 Å². The van der Waals surface area contributed by atoms with Crippen molar-refractivity contribution in [1.29, 1.82) is 0 Å². The van der Waals surface area contributed by atoms with Crippen LogP contribution in [0, 0.1) is 6.92 Å². The van der Waals surface area contributed by atoms with E-state index in [1.165, 1.54) is 42.6 Å². The van der Waals surface area contributed by atoms with Crippen LogP contribution in [0.3, 0.4) is 0 Å². The second-order valence-corrected chi connectivity index (χ2v) is 8.41. The molecule has 4 rings (SSSR count). The van der Waals surface area contributed by atoms with Crippen LogP contribution in [0.25, 0.3) is 11.5 Å². The van der Waals surface area contributed by atoms with Gasteiger partial charge in [0.25, 0.3) is 0 Å². The van der Waals surface area contributed by atoms with Crippen molar-refractivity contribution in [3.8, 4) is 11.5 Å². The molecule has 0 unspecified atom stereocenters. The molecule has 0 aliphatic carbocycles. The van der Waals surface area contributed by atoms with Crippen LogP contribution in [0.1, 0.15) is 35.2 Å². The summed E-state index contributed by atoms with van der Waals surface area (Å²) in [6.45, 7) is 7.06. The number of aliphatic imine (C=N–C) groups is 1. The lowest BCUT2D eigenvalue weighted by Gasteiger charge is -2.15. The number of aryl methyl sites for hydroxylation is 1. The summed E-state index contributed by atoms with van der Waals surface area (Å²) in [5.74, 6) is 1.45. The number of nitrogens with one attached hydrogen (secondary N) is 2. The Bertz CT molecular complexity index is 1000. The van der Waals surface area contributed by atoms with E-state index in [9.17, 15) is 0 Å². The first-order valence-electron chi connectivity index (χ1n) is 11.5. The summed E-state index contributed by atoms with van der Waals surface area (Å²) >= 11 is 0. The summed E-state index contributed by atoms with van der Waals surface area (Å²) < 4.78 is 5.64. The van der Waals surface area contributed by atoms with Gasteiger partial charge in [-0.15, -0.1) is 0 Å². The first-order valence-corrected chi connectivity index (χ1v) is 11.5. The van der Waals surface area contributed by atoms with Gasteiger partial charge in [0.05, 0.1) is 5.69 Å². The molecule has 1 aliphatic rings. The largest absolute Gasteiger partial charge is 0.444 e. The molecule has 1 aliphatic heterocycles. The molecule has 2 heterocycles. The molecule has 1 saturated heterocycles. The molecular weight excluding hydrogens is 398 g/mol. The van der Waals surface area contributed by atoms with Crippen LogP contribution < -0.4 is 10.6 Å². The van der Waals surface area contributed by atoms with Gasteiger partial charge >= 0.3 is 0 Å². The van der Waals surface area contributed by atoms with E-state index in [0.29, 0.717) is 5.89 Å². The molecule has 1 aromatic heterocycles. The Morgan fingerprint density at radius 2 is 1.72 bits per heavy atom. The Morgan fingerprint density at radius 3 is 2.44 bits per heavy atom. The van der Waals surface area contributed by atoms with Crippen molar-refractivity contribution >= 4 is 5.96 Å². The second kappa shape index (κ2) is 11.0. The third kappa shape index (κ3) is 6.20. The Balaban J connectivity index is 1.20. The fourth-order valence-electron chi connectivity index (χ4n) is 3.93. The van der Waals surface area contributed by atoms with Crippen molar-refractivity contribution in [2.75, 3.05) is 26.7 Å². The number of aromatic nitrogens is 1. The second-order valence-electron chi connectivity index (χ2n) is 8.41. The quantitative estimate of drug-likeness (QED) is 0.414. The van der Waals surface area contributed by atoms with Crippen LogP contribution in [-0.2, 0) is 19.5 Å².